The van der Waals surface area contributed by atoms with Crippen molar-refractivity contribution in [1.29, 1.82) is 0 Å². The Morgan fingerprint density at radius 2 is 1.89 bits per heavy atom. The van der Waals surface area contributed by atoms with E-state index in [4.69, 9.17) is 5.73 Å². The molecule has 0 radical (unpaired) electrons. The van der Waals surface area contributed by atoms with Gasteiger partial charge >= 0.3 is 0 Å². The van der Waals surface area contributed by atoms with E-state index in [2.05, 4.69) is 35.3 Å². The normalized spacial score (nSPS) is 14.6. The van der Waals surface area contributed by atoms with Gasteiger partial charge in [-0.25, -0.2) is 4.98 Å². The van der Waals surface area contributed by atoms with Gasteiger partial charge in [-0.15, -0.1) is 0 Å². The number of rotatable bonds is 5. The van der Waals surface area contributed by atoms with Crippen LogP contribution in [0, 0.1) is 0 Å². The predicted octanol–water partition coefficient (Wildman–Crippen LogP) is 2.73. The summed E-state index contributed by atoms with van der Waals surface area (Å²) < 4.78 is 2.20. The van der Waals surface area contributed by atoms with E-state index in [1.54, 1.807) is 0 Å². The third-order valence-electron chi connectivity index (χ3n) is 3.44. The van der Waals surface area contributed by atoms with Crippen LogP contribution in [-0.2, 0) is 0 Å². The van der Waals surface area contributed by atoms with Gasteiger partial charge in [-0.3, -0.25) is 4.98 Å². The molecule has 0 aliphatic rings. The van der Waals surface area contributed by atoms with E-state index in [1.807, 2.05) is 36.9 Å². The predicted molar refractivity (Wildman–Crippen MR) is 77.0 cm³/mol. The van der Waals surface area contributed by atoms with Crippen LogP contribution in [-0.4, -0.2) is 20.6 Å². The molecular weight excluding hydrogens is 236 g/mol. The van der Waals surface area contributed by atoms with Crippen molar-refractivity contribution in [2.45, 2.75) is 45.2 Å². The van der Waals surface area contributed by atoms with Gasteiger partial charge in [-0.1, -0.05) is 20.8 Å². The smallest absolute Gasteiger partial charge is 0.111 e. The summed E-state index contributed by atoms with van der Waals surface area (Å²) in [5.74, 6) is 1.45. The van der Waals surface area contributed by atoms with Crippen molar-refractivity contribution in [3.8, 4) is 0 Å². The van der Waals surface area contributed by atoms with Gasteiger partial charge < -0.3 is 10.3 Å². The van der Waals surface area contributed by atoms with E-state index >= 15 is 0 Å². The molecule has 0 aliphatic heterocycles. The molecule has 0 spiro atoms. The highest BCUT2D eigenvalue weighted by molar-refractivity contribution is 5.20. The number of nitrogens with two attached hydrogens (primary N) is 1. The average Bonchev–Trinajstić information content (AvgIpc) is 2.89. The van der Waals surface area contributed by atoms with E-state index in [9.17, 15) is 0 Å². The van der Waals surface area contributed by atoms with Crippen molar-refractivity contribution in [2.24, 2.45) is 5.73 Å². The van der Waals surface area contributed by atoms with Crippen LogP contribution in [0.3, 0.4) is 0 Å². The number of hydrogen-bond donors (Lipinski definition) is 1. The average molecular weight is 258 g/mol. The largest absolute Gasteiger partial charge is 0.326 e. The molecule has 2 rings (SSSR count). The van der Waals surface area contributed by atoms with Gasteiger partial charge in [0.15, 0.2) is 0 Å². The van der Waals surface area contributed by atoms with Crippen molar-refractivity contribution < 1.29 is 0 Å². The van der Waals surface area contributed by atoms with Crippen molar-refractivity contribution in [1.82, 2.24) is 14.5 Å². The molecule has 0 fully saturated rings. The van der Waals surface area contributed by atoms with Crippen LogP contribution in [0.5, 0.6) is 0 Å². The van der Waals surface area contributed by atoms with E-state index in [0.29, 0.717) is 5.92 Å². The highest BCUT2D eigenvalue weighted by atomic mass is 15.1. The van der Waals surface area contributed by atoms with Gasteiger partial charge in [-0.2, -0.15) is 0 Å². The van der Waals surface area contributed by atoms with Crippen LogP contribution in [0.2, 0.25) is 0 Å². The van der Waals surface area contributed by atoms with Crippen molar-refractivity contribution >= 4 is 0 Å². The van der Waals surface area contributed by atoms with Crippen LogP contribution in [0.1, 0.15) is 50.5 Å². The summed E-state index contributed by atoms with van der Waals surface area (Å²) >= 11 is 0. The maximum absolute atomic E-state index is 6.34. The number of aromatic nitrogens is 3. The van der Waals surface area contributed by atoms with Gasteiger partial charge in [0.05, 0.1) is 6.04 Å². The van der Waals surface area contributed by atoms with Gasteiger partial charge in [0.25, 0.3) is 0 Å². The first-order valence-electron chi connectivity index (χ1n) is 6.83. The van der Waals surface area contributed by atoms with E-state index in [-0.39, 0.29) is 12.1 Å². The molecule has 4 nitrogen and oxygen atoms in total. The molecule has 2 aromatic rings. The summed E-state index contributed by atoms with van der Waals surface area (Å²) in [4.78, 5) is 8.56. The molecule has 0 saturated carbocycles. The number of nitrogens with zero attached hydrogens (tertiary/aromatic N) is 3. The zero-order chi connectivity index (χ0) is 13.8. The summed E-state index contributed by atoms with van der Waals surface area (Å²) in [7, 11) is 0. The molecule has 0 bridgehead atoms. The molecule has 2 aromatic heterocycles. The Balaban J connectivity index is 2.47. The SMILES string of the molecule is CCC(N)C(c1ccncc1)n1ccnc1C(C)C. The molecule has 2 heterocycles. The van der Waals surface area contributed by atoms with E-state index < -0.39 is 0 Å². The number of hydrogen-bond acceptors (Lipinski definition) is 3. The summed E-state index contributed by atoms with van der Waals surface area (Å²) in [5.41, 5.74) is 7.52. The Bertz CT molecular complexity index is 504. The Kier molecular flexibility index (Phi) is 4.32. The third-order valence-corrected chi connectivity index (χ3v) is 3.44. The second-order valence-corrected chi connectivity index (χ2v) is 5.14. The molecule has 2 N–H and O–H groups in total. The third kappa shape index (κ3) is 2.84. The highest BCUT2D eigenvalue weighted by Gasteiger charge is 2.23. The summed E-state index contributed by atoms with van der Waals surface area (Å²) in [6.07, 6.45) is 8.43. The number of imidazole rings is 1. The van der Waals surface area contributed by atoms with E-state index in [0.717, 1.165) is 12.2 Å². The monoisotopic (exact) mass is 258 g/mol. The van der Waals surface area contributed by atoms with Gasteiger partial charge in [-0.05, 0) is 24.1 Å². The fourth-order valence-corrected chi connectivity index (χ4v) is 2.40. The lowest BCUT2D eigenvalue weighted by atomic mass is 9.98. The molecule has 4 heteroatoms. The van der Waals surface area contributed by atoms with Crippen molar-refractivity contribution in [2.75, 3.05) is 0 Å². The lowest BCUT2D eigenvalue weighted by molar-refractivity contribution is 0.439. The Labute approximate surface area is 114 Å². The molecule has 0 aliphatic carbocycles. The van der Waals surface area contributed by atoms with E-state index in [1.165, 1.54) is 5.56 Å². The molecule has 0 saturated heterocycles. The first kappa shape index (κ1) is 13.7. The molecule has 19 heavy (non-hydrogen) atoms. The molecule has 0 aromatic carbocycles. The van der Waals surface area contributed by atoms with Gasteiger partial charge in [0.1, 0.15) is 5.82 Å². The minimum absolute atomic E-state index is 0.0640. The summed E-state index contributed by atoms with van der Waals surface area (Å²) in [6, 6.07) is 4.25. The second kappa shape index (κ2) is 5.97. The minimum atomic E-state index is 0.0640. The Morgan fingerprint density at radius 1 is 1.21 bits per heavy atom. The van der Waals surface area contributed by atoms with Crippen LogP contribution in [0.15, 0.2) is 36.9 Å². The molecular formula is C15H22N4. The van der Waals surface area contributed by atoms with Crippen LogP contribution in [0.4, 0.5) is 0 Å². The summed E-state index contributed by atoms with van der Waals surface area (Å²) in [5, 5.41) is 0. The molecule has 0 amide bonds. The van der Waals surface area contributed by atoms with Crippen molar-refractivity contribution in [3.63, 3.8) is 0 Å². The van der Waals surface area contributed by atoms with Crippen molar-refractivity contribution in [3.05, 3.63) is 48.3 Å². The first-order valence-corrected chi connectivity index (χ1v) is 6.83. The maximum Gasteiger partial charge on any atom is 0.111 e. The summed E-state index contributed by atoms with van der Waals surface area (Å²) in [6.45, 7) is 6.42. The van der Waals surface area contributed by atoms with Gasteiger partial charge in [0, 0.05) is 36.7 Å². The highest BCUT2D eigenvalue weighted by Crippen LogP contribution is 2.26. The fourth-order valence-electron chi connectivity index (χ4n) is 2.40. The van der Waals surface area contributed by atoms with Gasteiger partial charge in [0.2, 0.25) is 0 Å². The van der Waals surface area contributed by atoms with Crippen LogP contribution in [0.25, 0.3) is 0 Å². The first-order chi connectivity index (χ1) is 9.15. The molecule has 2 unspecified atom stereocenters. The second-order valence-electron chi connectivity index (χ2n) is 5.14. The Morgan fingerprint density at radius 3 is 2.47 bits per heavy atom. The zero-order valence-corrected chi connectivity index (χ0v) is 11.8. The lowest BCUT2D eigenvalue weighted by Gasteiger charge is -2.27. The van der Waals surface area contributed by atoms with Crippen LogP contribution >= 0.6 is 0 Å². The maximum atomic E-state index is 6.34. The molecule has 102 valence electrons. The minimum Gasteiger partial charge on any atom is -0.326 e. The van der Waals surface area contributed by atoms with Crippen LogP contribution < -0.4 is 5.73 Å². The Hall–Kier alpha value is -1.68. The quantitative estimate of drug-likeness (QED) is 0.897. The standard InChI is InChI=1S/C15H22N4/c1-4-13(16)14(12-5-7-17-8-6-12)19-10-9-18-15(19)11(2)3/h5-11,13-14H,4,16H2,1-3H3. The number of pyridine rings is 1. The molecule has 2 atom stereocenters. The zero-order valence-electron chi connectivity index (χ0n) is 11.8. The fraction of sp³-hybridized carbons (Fsp3) is 0.467. The topological polar surface area (TPSA) is 56.7 Å². The lowest BCUT2D eigenvalue weighted by Crippen LogP contribution is -2.33.